The average molecular weight is 287 g/mol. The number of carbonyl (C=O) groups is 1. The van der Waals surface area contributed by atoms with Crippen LogP contribution in [-0.2, 0) is 4.79 Å². The number of hydrogen-bond donors (Lipinski definition) is 2. The Morgan fingerprint density at radius 1 is 1.72 bits per heavy atom. The summed E-state index contributed by atoms with van der Waals surface area (Å²) in [6, 6.07) is 3.85. The van der Waals surface area contributed by atoms with Crippen molar-refractivity contribution in [2.24, 2.45) is 0 Å². The van der Waals surface area contributed by atoms with Crippen LogP contribution in [0.15, 0.2) is 23.4 Å². The number of aromatic nitrogens is 1. The van der Waals surface area contributed by atoms with Gasteiger partial charge in [0, 0.05) is 18.0 Å². The Bertz CT molecular complexity index is 453. The zero-order valence-electron chi connectivity index (χ0n) is 10.0. The molecule has 1 aromatic heterocycles. The quantitative estimate of drug-likeness (QED) is 0.787. The monoisotopic (exact) mass is 286 g/mol. The summed E-state index contributed by atoms with van der Waals surface area (Å²) in [7, 11) is 0. The van der Waals surface area contributed by atoms with Gasteiger partial charge in [-0.05, 0) is 31.9 Å². The van der Waals surface area contributed by atoms with Crippen LogP contribution in [0.1, 0.15) is 19.8 Å². The molecule has 0 bridgehead atoms. The summed E-state index contributed by atoms with van der Waals surface area (Å²) in [5, 5.41) is 13.7. The molecule has 0 saturated heterocycles. The summed E-state index contributed by atoms with van der Waals surface area (Å²) in [4.78, 5) is 15.5. The lowest BCUT2D eigenvalue weighted by Crippen LogP contribution is -2.52. The summed E-state index contributed by atoms with van der Waals surface area (Å²) in [5.74, 6) is -0.441. The molecular formula is C12H15ClN2O2S. The minimum Gasteiger partial charge on any atom is -0.480 e. The van der Waals surface area contributed by atoms with Crippen LogP contribution in [0, 0.1) is 0 Å². The number of aliphatic carboxylic acids is 1. The van der Waals surface area contributed by atoms with Crippen LogP contribution in [0.4, 0.5) is 0 Å². The highest BCUT2D eigenvalue weighted by Gasteiger charge is 2.38. The van der Waals surface area contributed by atoms with E-state index in [-0.39, 0.29) is 0 Å². The van der Waals surface area contributed by atoms with Gasteiger partial charge in [0.25, 0.3) is 0 Å². The zero-order chi connectivity index (χ0) is 13.2. The van der Waals surface area contributed by atoms with Crippen LogP contribution in [0.3, 0.4) is 0 Å². The van der Waals surface area contributed by atoms with E-state index in [1.165, 1.54) is 11.8 Å². The van der Waals surface area contributed by atoms with E-state index in [4.69, 9.17) is 11.6 Å². The lowest BCUT2D eigenvalue weighted by Gasteiger charge is -2.25. The van der Waals surface area contributed by atoms with Gasteiger partial charge in [-0.15, -0.1) is 11.8 Å². The smallest absolute Gasteiger partial charge is 0.324 e. The van der Waals surface area contributed by atoms with E-state index >= 15 is 0 Å². The highest BCUT2D eigenvalue weighted by atomic mass is 35.5. The maximum Gasteiger partial charge on any atom is 0.324 e. The summed E-state index contributed by atoms with van der Waals surface area (Å²) < 4.78 is 0. The van der Waals surface area contributed by atoms with Gasteiger partial charge >= 0.3 is 5.97 Å². The van der Waals surface area contributed by atoms with Gasteiger partial charge < -0.3 is 5.11 Å². The zero-order valence-corrected chi connectivity index (χ0v) is 11.6. The molecule has 0 spiro atoms. The van der Waals surface area contributed by atoms with E-state index in [1.807, 2.05) is 0 Å². The Labute approximate surface area is 115 Å². The van der Waals surface area contributed by atoms with Crippen molar-refractivity contribution < 1.29 is 9.90 Å². The molecule has 1 aromatic rings. The van der Waals surface area contributed by atoms with Crippen molar-refractivity contribution in [2.45, 2.75) is 36.4 Å². The SMILES string of the molecule is CC(CSc1ncccc1Cl)(NC1CC1)C(=O)O. The molecule has 1 heterocycles. The van der Waals surface area contributed by atoms with E-state index in [2.05, 4.69) is 10.3 Å². The molecular weight excluding hydrogens is 272 g/mol. The molecule has 98 valence electrons. The van der Waals surface area contributed by atoms with Crippen LogP contribution in [0.5, 0.6) is 0 Å². The van der Waals surface area contributed by atoms with Crippen LogP contribution >= 0.6 is 23.4 Å². The van der Waals surface area contributed by atoms with Crippen molar-refractivity contribution in [1.82, 2.24) is 10.3 Å². The molecule has 2 N–H and O–H groups in total. The molecule has 0 aromatic carbocycles. The number of thioether (sulfide) groups is 1. The van der Waals surface area contributed by atoms with Crippen molar-refractivity contribution in [1.29, 1.82) is 0 Å². The first-order valence-corrected chi connectivity index (χ1v) is 7.12. The second-order valence-electron chi connectivity index (χ2n) is 4.63. The summed E-state index contributed by atoms with van der Waals surface area (Å²) >= 11 is 7.37. The first-order chi connectivity index (χ1) is 8.51. The third-order valence-corrected chi connectivity index (χ3v) is 4.53. The second kappa shape index (κ2) is 5.47. The van der Waals surface area contributed by atoms with Crippen molar-refractivity contribution in [2.75, 3.05) is 5.75 Å². The molecule has 0 radical (unpaired) electrons. The Kier molecular flexibility index (Phi) is 4.14. The van der Waals surface area contributed by atoms with Gasteiger partial charge in [-0.25, -0.2) is 4.98 Å². The molecule has 1 aliphatic rings. The summed E-state index contributed by atoms with van der Waals surface area (Å²) in [6.07, 6.45) is 3.76. The molecule has 2 rings (SSSR count). The van der Waals surface area contributed by atoms with Crippen LogP contribution in [0.2, 0.25) is 5.02 Å². The summed E-state index contributed by atoms with van der Waals surface area (Å²) in [6.45, 7) is 1.71. The summed E-state index contributed by atoms with van der Waals surface area (Å²) in [5.41, 5.74) is -0.938. The molecule has 1 unspecified atom stereocenters. The number of carboxylic acid groups (broad SMARTS) is 1. The van der Waals surface area contributed by atoms with Crippen molar-refractivity contribution in [3.05, 3.63) is 23.4 Å². The third kappa shape index (κ3) is 3.37. The van der Waals surface area contributed by atoms with Gasteiger partial charge in [0.2, 0.25) is 0 Å². The fraction of sp³-hybridized carbons (Fsp3) is 0.500. The molecule has 1 fully saturated rings. The maximum absolute atomic E-state index is 11.4. The third-order valence-electron chi connectivity index (χ3n) is 2.79. The molecule has 18 heavy (non-hydrogen) atoms. The molecule has 0 amide bonds. The highest BCUT2D eigenvalue weighted by molar-refractivity contribution is 7.99. The predicted molar refractivity (Wildman–Crippen MR) is 72.2 cm³/mol. The molecule has 1 aliphatic carbocycles. The Balaban J connectivity index is 2.01. The fourth-order valence-corrected chi connectivity index (χ4v) is 2.79. The van der Waals surface area contributed by atoms with Gasteiger partial charge in [0.15, 0.2) is 0 Å². The number of pyridine rings is 1. The Hall–Kier alpha value is -0.780. The van der Waals surface area contributed by atoms with Gasteiger partial charge in [0.1, 0.15) is 10.6 Å². The standard InChI is InChI=1S/C12H15ClN2O2S/c1-12(11(16)17,15-8-4-5-8)7-18-10-9(13)3-2-6-14-10/h2-3,6,8,15H,4-5,7H2,1H3,(H,16,17). The van der Waals surface area contributed by atoms with E-state index in [1.54, 1.807) is 25.3 Å². The van der Waals surface area contributed by atoms with E-state index < -0.39 is 11.5 Å². The minimum atomic E-state index is -0.938. The van der Waals surface area contributed by atoms with E-state index in [9.17, 15) is 9.90 Å². The van der Waals surface area contributed by atoms with Gasteiger partial charge in [0.05, 0.1) is 5.02 Å². The van der Waals surface area contributed by atoms with Gasteiger partial charge in [-0.2, -0.15) is 0 Å². The molecule has 4 nitrogen and oxygen atoms in total. The first-order valence-electron chi connectivity index (χ1n) is 5.76. The van der Waals surface area contributed by atoms with Crippen LogP contribution < -0.4 is 5.32 Å². The Morgan fingerprint density at radius 2 is 2.44 bits per heavy atom. The molecule has 6 heteroatoms. The van der Waals surface area contributed by atoms with Crippen LogP contribution in [-0.4, -0.2) is 33.4 Å². The fourth-order valence-electron chi connectivity index (χ4n) is 1.53. The number of halogens is 1. The van der Waals surface area contributed by atoms with Gasteiger partial charge in [-0.1, -0.05) is 11.6 Å². The van der Waals surface area contributed by atoms with Crippen molar-refractivity contribution >= 4 is 29.3 Å². The number of hydrogen-bond acceptors (Lipinski definition) is 4. The number of rotatable bonds is 6. The minimum absolute atomic E-state index is 0.339. The Morgan fingerprint density at radius 3 is 3.00 bits per heavy atom. The second-order valence-corrected chi connectivity index (χ2v) is 6.01. The molecule has 1 saturated carbocycles. The lowest BCUT2D eigenvalue weighted by atomic mass is 10.1. The van der Waals surface area contributed by atoms with E-state index in [0.717, 1.165) is 12.8 Å². The first kappa shape index (κ1) is 13.6. The largest absolute Gasteiger partial charge is 0.480 e. The maximum atomic E-state index is 11.4. The average Bonchev–Trinajstić information content (AvgIpc) is 3.11. The highest BCUT2D eigenvalue weighted by Crippen LogP contribution is 2.29. The van der Waals surface area contributed by atoms with E-state index in [0.29, 0.717) is 21.8 Å². The van der Waals surface area contributed by atoms with Crippen LogP contribution in [0.25, 0.3) is 0 Å². The topological polar surface area (TPSA) is 62.2 Å². The lowest BCUT2D eigenvalue weighted by molar-refractivity contribution is -0.143. The predicted octanol–water partition coefficient (Wildman–Crippen LogP) is 2.42. The molecule has 0 aliphatic heterocycles. The molecule has 1 atom stereocenters. The van der Waals surface area contributed by atoms with Crippen molar-refractivity contribution in [3.63, 3.8) is 0 Å². The van der Waals surface area contributed by atoms with Crippen molar-refractivity contribution in [3.8, 4) is 0 Å². The normalized spacial score (nSPS) is 18.3. The van der Waals surface area contributed by atoms with Gasteiger partial charge in [-0.3, -0.25) is 10.1 Å². The number of carboxylic acids is 1. The number of nitrogens with one attached hydrogen (secondary N) is 1. The number of nitrogens with zero attached hydrogens (tertiary/aromatic N) is 1.